The fourth-order valence-corrected chi connectivity index (χ4v) is 3.05. The third kappa shape index (κ3) is 4.47. The van der Waals surface area contributed by atoms with E-state index in [0.29, 0.717) is 38.5 Å². The average Bonchev–Trinajstić information content (AvgIpc) is 2.67. The number of amides is 1. The summed E-state index contributed by atoms with van der Waals surface area (Å²) in [6.07, 6.45) is 0. The lowest BCUT2D eigenvalue weighted by Crippen LogP contribution is -2.46. The van der Waals surface area contributed by atoms with Crippen LogP contribution in [0.1, 0.15) is 17.3 Å². The lowest BCUT2D eigenvalue weighted by Gasteiger charge is -2.13. The van der Waals surface area contributed by atoms with Crippen molar-refractivity contribution in [2.75, 3.05) is 6.54 Å². The quantitative estimate of drug-likeness (QED) is 0.436. The number of halogens is 2. The Morgan fingerprint density at radius 3 is 2.59 bits per heavy atom. The molecule has 0 unspecified atom stereocenters. The number of thiocarbonyl (C=S) groups is 1. The van der Waals surface area contributed by atoms with Crippen LogP contribution in [0.4, 0.5) is 0 Å². The van der Waals surface area contributed by atoms with E-state index < -0.39 is 0 Å². The fraction of sp³-hybridized carbons (Fsp3) is 0.105. The highest BCUT2D eigenvalue weighted by atomic mass is 35.5. The van der Waals surface area contributed by atoms with E-state index in [1.54, 1.807) is 18.2 Å². The van der Waals surface area contributed by atoms with Gasteiger partial charge >= 0.3 is 0 Å². The molecule has 27 heavy (non-hydrogen) atoms. The van der Waals surface area contributed by atoms with Gasteiger partial charge in [0.05, 0.1) is 26.8 Å². The Bertz CT molecular complexity index is 1030. The first-order chi connectivity index (χ1) is 13.0. The van der Waals surface area contributed by atoms with E-state index in [4.69, 9.17) is 35.4 Å². The fourth-order valence-electron chi connectivity index (χ4n) is 2.55. The van der Waals surface area contributed by atoms with Gasteiger partial charge in [-0.2, -0.15) is 0 Å². The van der Waals surface area contributed by atoms with E-state index >= 15 is 0 Å². The Labute approximate surface area is 172 Å². The molecule has 0 aliphatic carbocycles. The van der Waals surface area contributed by atoms with Gasteiger partial charge in [0, 0.05) is 17.5 Å². The van der Waals surface area contributed by atoms with Crippen molar-refractivity contribution in [1.82, 2.24) is 21.2 Å². The van der Waals surface area contributed by atoms with Gasteiger partial charge in [-0.05, 0) is 43.4 Å². The molecule has 0 atom stereocenters. The SMILES string of the molecule is CCNC(=S)NNC(=O)c1cc(-c2ccc(Cl)c(Cl)c2)nc2ccccc12. The second kappa shape index (κ2) is 8.52. The number of nitrogens with one attached hydrogen (secondary N) is 3. The molecule has 0 aliphatic heterocycles. The number of benzene rings is 2. The first-order valence-corrected chi connectivity index (χ1v) is 9.35. The zero-order valence-corrected chi connectivity index (χ0v) is 16.7. The first kappa shape index (κ1) is 19.4. The van der Waals surface area contributed by atoms with Crippen molar-refractivity contribution in [2.45, 2.75) is 6.92 Å². The van der Waals surface area contributed by atoms with Crippen LogP contribution in [-0.4, -0.2) is 22.5 Å². The Morgan fingerprint density at radius 1 is 1.07 bits per heavy atom. The number of hydrogen-bond acceptors (Lipinski definition) is 3. The average molecular weight is 419 g/mol. The number of fused-ring (bicyclic) bond motifs is 1. The Balaban J connectivity index is 2.01. The standard InChI is InChI=1S/C19H16Cl2N4OS/c1-2-22-19(27)25-24-18(26)13-10-17(11-7-8-14(20)15(21)9-11)23-16-6-4-3-5-12(13)16/h3-10H,2H2,1H3,(H,24,26)(H2,22,25,27). The normalized spacial score (nSPS) is 10.5. The van der Waals surface area contributed by atoms with E-state index in [9.17, 15) is 4.79 Å². The van der Waals surface area contributed by atoms with Crippen molar-refractivity contribution in [3.05, 3.63) is 64.1 Å². The predicted molar refractivity (Wildman–Crippen MR) is 114 cm³/mol. The number of aromatic nitrogens is 1. The molecular weight excluding hydrogens is 403 g/mol. The van der Waals surface area contributed by atoms with Gasteiger partial charge in [-0.15, -0.1) is 0 Å². The smallest absolute Gasteiger partial charge is 0.270 e. The van der Waals surface area contributed by atoms with Crippen LogP contribution in [-0.2, 0) is 0 Å². The predicted octanol–water partition coefficient (Wildman–Crippen LogP) is 4.34. The van der Waals surface area contributed by atoms with Gasteiger partial charge in [0.15, 0.2) is 5.11 Å². The summed E-state index contributed by atoms with van der Waals surface area (Å²) in [5, 5.41) is 4.86. The van der Waals surface area contributed by atoms with Gasteiger partial charge in [-0.3, -0.25) is 15.6 Å². The maximum absolute atomic E-state index is 12.7. The molecule has 1 aromatic heterocycles. The summed E-state index contributed by atoms with van der Waals surface area (Å²) < 4.78 is 0. The third-order valence-electron chi connectivity index (χ3n) is 3.80. The molecule has 3 N–H and O–H groups in total. The van der Waals surface area contributed by atoms with Gasteiger partial charge in [0.2, 0.25) is 0 Å². The molecule has 2 aromatic carbocycles. The molecule has 0 bridgehead atoms. The summed E-state index contributed by atoms with van der Waals surface area (Å²) in [7, 11) is 0. The molecule has 3 rings (SSSR count). The zero-order valence-electron chi connectivity index (χ0n) is 14.3. The van der Waals surface area contributed by atoms with E-state index in [1.165, 1.54) is 0 Å². The number of nitrogens with zero attached hydrogens (tertiary/aromatic N) is 1. The van der Waals surface area contributed by atoms with E-state index in [1.807, 2.05) is 37.3 Å². The summed E-state index contributed by atoms with van der Waals surface area (Å²) in [4.78, 5) is 17.4. The molecule has 0 fully saturated rings. The zero-order chi connectivity index (χ0) is 19.4. The van der Waals surface area contributed by atoms with Gasteiger partial charge in [0.1, 0.15) is 0 Å². The van der Waals surface area contributed by atoms with Crippen molar-refractivity contribution < 1.29 is 4.79 Å². The molecule has 0 aliphatic rings. The van der Waals surface area contributed by atoms with Crippen molar-refractivity contribution in [2.24, 2.45) is 0 Å². The lowest BCUT2D eigenvalue weighted by molar-refractivity contribution is 0.0945. The van der Waals surface area contributed by atoms with Gasteiger partial charge in [-0.25, -0.2) is 4.98 Å². The lowest BCUT2D eigenvalue weighted by atomic mass is 10.0. The molecule has 0 radical (unpaired) electrons. The molecule has 1 amide bonds. The van der Waals surface area contributed by atoms with Crippen molar-refractivity contribution in [1.29, 1.82) is 0 Å². The summed E-state index contributed by atoms with van der Waals surface area (Å²) in [6, 6.07) is 14.4. The highest BCUT2D eigenvalue weighted by Crippen LogP contribution is 2.30. The minimum Gasteiger partial charge on any atom is -0.362 e. The van der Waals surface area contributed by atoms with E-state index in [0.717, 1.165) is 10.9 Å². The number of carbonyl (C=O) groups is 1. The Kier molecular flexibility index (Phi) is 6.11. The van der Waals surface area contributed by atoms with Crippen LogP contribution in [0.3, 0.4) is 0 Å². The number of rotatable bonds is 3. The number of carbonyl (C=O) groups excluding carboxylic acids is 1. The summed E-state index contributed by atoms with van der Waals surface area (Å²) in [5.74, 6) is -0.324. The maximum Gasteiger partial charge on any atom is 0.270 e. The largest absolute Gasteiger partial charge is 0.362 e. The third-order valence-corrected chi connectivity index (χ3v) is 4.79. The minimum atomic E-state index is -0.324. The van der Waals surface area contributed by atoms with Crippen LogP contribution >= 0.6 is 35.4 Å². The molecule has 5 nitrogen and oxygen atoms in total. The number of hydrazine groups is 1. The summed E-state index contributed by atoms with van der Waals surface area (Å²) in [5.41, 5.74) is 7.83. The molecule has 138 valence electrons. The van der Waals surface area contributed by atoms with Crippen LogP contribution in [0, 0.1) is 0 Å². The molecule has 3 aromatic rings. The molecule has 8 heteroatoms. The molecular formula is C19H16Cl2N4OS. The maximum atomic E-state index is 12.7. The van der Waals surface area contributed by atoms with Gasteiger partial charge < -0.3 is 5.32 Å². The molecule has 0 spiro atoms. The highest BCUT2D eigenvalue weighted by Gasteiger charge is 2.14. The second-order valence-corrected chi connectivity index (χ2v) is 6.86. The Morgan fingerprint density at radius 2 is 1.85 bits per heavy atom. The minimum absolute atomic E-state index is 0.324. The van der Waals surface area contributed by atoms with Crippen molar-refractivity contribution in [3.63, 3.8) is 0 Å². The molecule has 0 saturated heterocycles. The Hall–Kier alpha value is -2.41. The van der Waals surface area contributed by atoms with Crippen molar-refractivity contribution in [3.8, 4) is 11.3 Å². The topological polar surface area (TPSA) is 66.0 Å². The van der Waals surface area contributed by atoms with E-state index in [-0.39, 0.29) is 5.91 Å². The van der Waals surface area contributed by atoms with Crippen LogP contribution < -0.4 is 16.2 Å². The van der Waals surface area contributed by atoms with Crippen LogP contribution in [0.2, 0.25) is 10.0 Å². The van der Waals surface area contributed by atoms with Crippen LogP contribution in [0.15, 0.2) is 48.5 Å². The van der Waals surface area contributed by atoms with E-state index in [2.05, 4.69) is 21.2 Å². The molecule has 0 saturated carbocycles. The number of pyridine rings is 1. The number of hydrogen-bond donors (Lipinski definition) is 3. The van der Waals surface area contributed by atoms with Crippen molar-refractivity contribution >= 4 is 57.3 Å². The second-order valence-electron chi connectivity index (χ2n) is 5.64. The number of para-hydroxylation sites is 1. The van der Waals surface area contributed by atoms with Crippen LogP contribution in [0.5, 0.6) is 0 Å². The monoisotopic (exact) mass is 418 g/mol. The highest BCUT2D eigenvalue weighted by molar-refractivity contribution is 7.80. The van der Waals surface area contributed by atoms with Crippen LogP contribution in [0.25, 0.3) is 22.2 Å². The first-order valence-electron chi connectivity index (χ1n) is 8.19. The summed E-state index contributed by atoms with van der Waals surface area (Å²) >= 11 is 17.2. The summed E-state index contributed by atoms with van der Waals surface area (Å²) in [6.45, 7) is 2.57. The van der Waals surface area contributed by atoms with Gasteiger partial charge in [0.25, 0.3) is 5.91 Å². The molecule has 1 heterocycles. The van der Waals surface area contributed by atoms with Gasteiger partial charge in [-0.1, -0.05) is 47.5 Å².